The summed E-state index contributed by atoms with van der Waals surface area (Å²) in [5.74, 6) is -0.588. The molecule has 0 aliphatic heterocycles. The van der Waals surface area contributed by atoms with Crippen molar-refractivity contribution in [3.8, 4) is 0 Å². The summed E-state index contributed by atoms with van der Waals surface area (Å²) in [6.45, 7) is 1.23. The van der Waals surface area contributed by atoms with E-state index < -0.39 is 33.6 Å². The van der Waals surface area contributed by atoms with E-state index in [0.717, 1.165) is 0 Å². The average molecular weight is 428 g/mol. The summed E-state index contributed by atoms with van der Waals surface area (Å²) < 4.78 is 37.5. The number of thioether (sulfide) groups is 1. The lowest BCUT2D eigenvalue weighted by molar-refractivity contribution is -0.142. The third-order valence-electron chi connectivity index (χ3n) is 3.72. The number of benzene rings is 1. The van der Waals surface area contributed by atoms with Crippen LogP contribution >= 0.6 is 11.8 Å². The van der Waals surface area contributed by atoms with Crippen LogP contribution in [-0.4, -0.2) is 45.5 Å². The number of amides is 1. The number of sulfonamides is 1. The number of nitrogens with one attached hydrogen (secondary N) is 2. The quantitative estimate of drug-likeness (QED) is 0.475. The Morgan fingerprint density at radius 1 is 1.29 bits per heavy atom. The second-order valence-electron chi connectivity index (χ2n) is 5.81. The highest BCUT2D eigenvalue weighted by Crippen LogP contribution is 2.21. The van der Waals surface area contributed by atoms with Gasteiger partial charge in [0.1, 0.15) is 17.3 Å². The standard InChI is InChI=1S/C17H20N2O7S2/c1-10(20)18-14-9-11-8-12(4-5-15(11)26-17(14)22)28(23,24)19-13(6-7-27-3)16(21)25-2/h4-5,8-9,13,19H,6-7H2,1-3H3,(H,18,20)/t13-/m0/s1. The van der Waals surface area contributed by atoms with Gasteiger partial charge in [-0.1, -0.05) is 0 Å². The Hall–Kier alpha value is -2.37. The number of hydrogen-bond donors (Lipinski definition) is 2. The molecule has 1 aromatic heterocycles. The van der Waals surface area contributed by atoms with Crippen molar-refractivity contribution < 1.29 is 27.2 Å². The Balaban J connectivity index is 2.41. The maximum absolute atomic E-state index is 12.7. The second-order valence-corrected chi connectivity index (χ2v) is 8.51. The van der Waals surface area contributed by atoms with Crippen molar-refractivity contribution >= 4 is 50.3 Å². The fourth-order valence-electron chi connectivity index (χ4n) is 2.40. The Bertz CT molecular complexity index is 1050. The third-order valence-corrected chi connectivity index (χ3v) is 5.83. The van der Waals surface area contributed by atoms with Gasteiger partial charge in [-0.3, -0.25) is 9.59 Å². The number of anilines is 1. The van der Waals surface area contributed by atoms with Crippen LogP contribution < -0.4 is 15.7 Å². The Kier molecular flexibility index (Phi) is 7.22. The molecule has 0 fully saturated rings. The molecule has 2 aromatic rings. The van der Waals surface area contributed by atoms with Crippen LogP contribution in [0, 0.1) is 0 Å². The number of carbonyl (C=O) groups excluding carboxylic acids is 2. The first-order chi connectivity index (χ1) is 13.2. The van der Waals surface area contributed by atoms with Crippen molar-refractivity contribution in [3.63, 3.8) is 0 Å². The molecule has 2 rings (SSSR count). The first kappa shape index (κ1) is 21.9. The molecular weight excluding hydrogens is 408 g/mol. The van der Waals surface area contributed by atoms with Gasteiger partial charge in [0.25, 0.3) is 0 Å². The van der Waals surface area contributed by atoms with Gasteiger partial charge in [0.05, 0.1) is 12.0 Å². The molecular formula is C17H20N2O7S2. The minimum absolute atomic E-state index is 0.102. The highest BCUT2D eigenvalue weighted by atomic mass is 32.2. The van der Waals surface area contributed by atoms with E-state index in [-0.39, 0.29) is 22.6 Å². The lowest BCUT2D eigenvalue weighted by Crippen LogP contribution is -2.41. The van der Waals surface area contributed by atoms with Crippen molar-refractivity contribution in [3.05, 3.63) is 34.7 Å². The summed E-state index contributed by atoms with van der Waals surface area (Å²) in [6.07, 6.45) is 2.11. The zero-order chi connectivity index (χ0) is 20.9. The molecule has 0 aliphatic rings. The monoisotopic (exact) mass is 428 g/mol. The van der Waals surface area contributed by atoms with Crippen LogP contribution in [0.1, 0.15) is 13.3 Å². The molecule has 0 saturated carbocycles. The minimum atomic E-state index is -4.05. The van der Waals surface area contributed by atoms with E-state index in [2.05, 4.69) is 14.8 Å². The third kappa shape index (κ3) is 5.33. The smallest absolute Gasteiger partial charge is 0.360 e. The molecule has 0 unspecified atom stereocenters. The summed E-state index contributed by atoms with van der Waals surface area (Å²) >= 11 is 1.47. The van der Waals surface area contributed by atoms with Gasteiger partial charge in [0.15, 0.2) is 0 Å². The molecule has 1 heterocycles. The summed E-state index contributed by atoms with van der Waals surface area (Å²) in [7, 11) is -2.86. The second kappa shape index (κ2) is 9.22. The molecule has 152 valence electrons. The van der Waals surface area contributed by atoms with Crippen LogP contribution in [0.25, 0.3) is 11.0 Å². The number of carbonyl (C=O) groups is 2. The van der Waals surface area contributed by atoms with Crippen molar-refractivity contribution in [1.82, 2.24) is 4.72 Å². The van der Waals surface area contributed by atoms with Crippen LogP contribution in [0.5, 0.6) is 0 Å². The number of esters is 1. The Morgan fingerprint density at radius 3 is 2.61 bits per heavy atom. The fraction of sp³-hybridized carbons (Fsp3) is 0.353. The molecule has 0 bridgehead atoms. The van der Waals surface area contributed by atoms with Crippen molar-refractivity contribution in [2.45, 2.75) is 24.3 Å². The molecule has 11 heteroatoms. The largest absolute Gasteiger partial charge is 0.468 e. The number of ether oxygens (including phenoxy) is 1. The van der Waals surface area contributed by atoms with E-state index >= 15 is 0 Å². The topological polar surface area (TPSA) is 132 Å². The van der Waals surface area contributed by atoms with Gasteiger partial charge >= 0.3 is 11.6 Å². The molecule has 9 nitrogen and oxygen atoms in total. The molecule has 1 aromatic carbocycles. The minimum Gasteiger partial charge on any atom is -0.468 e. The van der Waals surface area contributed by atoms with Gasteiger partial charge in [0.2, 0.25) is 15.9 Å². The zero-order valence-electron chi connectivity index (χ0n) is 15.5. The van der Waals surface area contributed by atoms with Crippen LogP contribution in [0.2, 0.25) is 0 Å². The van der Waals surface area contributed by atoms with Crippen LogP contribution in [-0.2, 0) is 24.3 Å². The summed E-state index contributed by atoms with van der Waals surface area (Å²) in [5.41, 5.74) is -0.695. The van der Waals surface area contributed by atoms with Crippen molar-refractivity contribution in [2.75, 3.05) is 24.4 Å². The molecule has 0 saturated heterocycles. The SMILES string of the molecule is COC(=O)[C@H](CCSC)NS(=O)(=O)c1ccc2oc(=O)c(NC(C)=O)cc2c1. The first-order valence-electron chi connectivity index (χ1n) is 8.12. The van der Waals surface area contributed by atoms with Crippen molar-refractivity contribution in [2.24, 2.45) is 0 Å². The van der Waals surface area contributed by atoms with Crippen molar-refractivity contribution in [1.29, 1.82) is 0 Å². The van der Waals surface area contributed by atoms with E-state index in [4.69, 9.17) is 4.42 Å². The molecule has 0 spiro atoms. The van der Waals surface area contributed by atoms with Crippen LogP contribution in [0.4, 0.5) is 5.69 Å². The lowest BCUT2D eigenvalue weighted by Gasteiger charge is -2.16. The number of hydrogen-bond acceptors (Lipinski definition) is 8. The maximum atomic E-state index is 12.7. The van der Waals surface area contributed by atoms with Crippen LogP contribution in [0.15, 0.2) is 38.4 Å². The van der Waals surface area contributed by atoms with Crippen LogP contribution in [0.3, 0.4) is 0 Å². The molecule has 0 radical (unpaired) electrons. The fourth-order valence-corrected chi connectivity index (χ4v) is 4.13. The zero-order valence-corrected chi connectivity index (χ0v) is 17.1. The molecule has 1 atom stereocenters. The summed E-state index contributed by atoms with van der Waals surface area (Å²) in [5, 5.41) is 2.62. The van der Waals surface area contributed by atoms with E-state index in [1.165, 1.54) is 50.1 Å². The van der Waals surface area contributed by atoms with E-state index in [1.54, 1.807) is 0 Å². The molecule has 28 heavy (non-hydrogen) atoms. The molecule has 0 aliphatic carbocycles. The highest BCUT2D eigenvalue weighted by Gasteiger charge is 2.26. The van der Waals surface area contributed by atoms with Gasteiger partial charge in [-0.15, -0.1) is 0 Å². The normalized spacial score (nSPS) is 12.5. The van der Waals surface area contributed by atoms with E-state index in [0.29, 0.717) is 11.1 Å². The van der Waals surface area contributed by atoms with E-state index in [1.807, 2.05) is 6.26 Å². The first-order valence-corrected chi connectivity index (χ1v) is 11.0. The predicted octanol–water partition coefficient (Wildman–Crippen LogP) is 1.32. The average Bonchev–Trinajstić information content (AvgIpc) is 2.64. The molecule has 1 amide bonds. The van der Waals surface area contributed by atoms with Gasteiger partial charge in [0, 0.05) is 12.3 Å². The summed E-state index contributed by atoms with van der Waals surface area (Å²) in [6, 6.07) is 4.18. The predicted molar refractivity (Wildman–Crippen MR) is 106 cm³/mol. The highest BCUT2D eigenvalue weighted by molar-refractivity contribution is 7.98. The van der Waals surface area contributed by atoms with Gasteiger partial charge in [-0.25, -0.2) is 13.2 Å². The maximum Gasteiger partial charge on any atom is 0.360 e. The molecule has 2 N–H and O–H groups in total. The Morgan fingerprint density at radius 2 is 2.00 bits per heavy atom. The Labute approximate surface area is 165 Å². The number of methoxy groups -OCH3 is 1. The lowest BCUT2D eigenvalue weighted by atomic mass is 10.2. The van der Waals surface area contributed by atoms with Gasteiger partial charge in [-0.05, 0) is 42.7 Å². The van der Waals surface area contributed by atoms with E-state index in [9.17, 15) is 22.8 Å². The number of rotatable bonds is 8. The summed E-state index contributed by atoms with van der Waals surface area (Å²) in [4.78, 5) is 34.8. The van der Waals surface area contributed by atoms with Gasteiger partial charge < -0.3 is 14.5 Å². The van der Waals surface area contributed by atoms with Gasteiger partial charge in [-0.2, -0.15) is 16.5 Å². The number of fused-ring (bicyclic) bond motifs is 1.